The van der Waals surface area contributed by atoms with Gasteiger partial charge < -0.3 is 9.47 Å². The molecular weight excluding hydrogens is 563 g/mol. The topological polar surface area (TPSA) is 43.2 Å². The average Bonchev–Trinajstić information content (AvgIpc) is 3.00. The quantitative estimate of drug-likeness (QED) is 0.221. The minimum atomic E-state index is -0.548. The van der Waals surface area contributed by atoms with Crippen LogP contribution in [0.5, 0.6) is 0 Å². The molecule has 2 aliphatic heterocycles. The maximum Gasteiger partial charge on any atom is 0.189 e. The van der Waals surface area contributed by atoms with E-state index in [-0.39, 0.29) is 0 Å². The summed E-state index contributed by atoms with van der Waals surface area (Å²) in [6.07, 6.45) is 3.69. The molecule has 0 aromatic heterocycles. The molecule has 6 heteroatoms. The Morgan fingerprint density at radius 3 is 1.31 bits per heavy atom. The molecule has 0 aliphatic carbocycles. The molecule has 4 aromatic rings. The van der Waals surface area contributed by atoms with E-state index in [1.54, 1.807) is 0 Å². The summed E-state index contributed by atoms with van der Waals surface area (Å²) in [6.45, 7) is 8.43. The zero-order valence-corrected chi connectivity index (χ0v) is 26.0. The van der Waals surface area contributed by atoms with E-state index in [4.69, 9.17) is 32.7 Å². The second-order valence-electron chi connectivity index (χ2n) is 10.8. The molecule has 4 aromatic carbocycles. The summed E-state index contributed by atoms with van der Waals surface area (Å²) in [5.74, 6) is 1.58. The molecule has 4 nitrogen and oxygen atoms in total. The van der Waals surface area contributed by atoms with Gasteiger partial charge in [-0.25, -0.2) is 9.98 Å². The molecule has 0 radical (unpaired) electrons. The summed E-state index contributed by atoms with van der Waals surface area (Å²) in [6, 6.07) is 32.1. The molecule has 216 valence electrons. The smallest absolute Gasteiger partial charge is 0.189 e. The van der Waals surface area contributed by atoms with Gasteiger partial charge in [0.1, 0.15) is 0 Å². The molecule has 0 N–H and O–H groups in total. The highest BCUT2D eigenvalue weighted by molar-refractivity contribution is 6.31. The molecule has 0 bridgehead atoms. The highest BCUT2D eigenvalue weighted by Crippen LogP contribution is 2.45. The Bertz CT molecular complexity index is 1480. The predicted octanol–water partition coefficient (Wildman–Crippen LogP) is 10.9. The zero-order chi connectivity index (χ0) is 29.7. The van der Waals surface area contributed by atoms with Gasteiger partial charge in [-0.3, -0.25) is 0 Å². The van der Waals surface area contributed by atoms with Crippen molar-refractivity contribution in [2.24, 2.45) is 9.98 Å². The Morgan fingerprint density at radius 2 is 0.952 bits per heavy atom. The van der Waals surface area contributed by atoms with Crippen molar-refractivity contribution in [2.45, 2.75) is 64.6 Å². The predicted molar refractivity (Wildman–Crippen MR) is 175 cm³/mol. The van der Waals surface area contributed by atoms with Crippen LogP contribution in [0, 0.1) is 0 Å². The lowest BCUT2D eigenvalue weighted by molar-refractivity contribution is 0.108. The first-order valence-corrected chi connectivity index (χ1v) is 15.3. The van der Waals surface area contributed by atoms with Gasteiger partial charge in [0.05, 0.1) is 11.4 Å². The number of nitrogens with zero attached hydrogens (tertiary/aromatic N) is 2. The summed E-state index contributed by atoms with van der Waals surface area (Å²) in [4.78, 5) is 9.27. The van der Waals surface area contributed by atoms with Gasteiger partial charge in [0, 0.05) is 34.0 Å². The lowest BCUT2D eigenvalue weighted by atomic mass is 9.86. The van der Waals surface area contributed by atoms with E-state index in [9.17, 15) is 0 Å². The largest absolute Gasteiger partial charge is 0.465 e. The van der Waals surface area contributed by atoms with Gasteiger partial charge in [0.2, 0.25) is 0 Å². The van der Waals surface area contributed by atoms with Gasteiger partial charge >= 0.3 is 0 Å². The lowest BCUT2D eigenvalue weighted by Crippen LogP contribution is -2.33. The summed E-state index contributed by atoms with van der Waals surface area (Å²) in [5, 5.41) is 1.40. The SMILES string of the molecule is CCCC1=Nc2ccc(Cl)cc2[C@@](C)(c2ccccc2)O1.CCCC1=Nc2ccc(Cl)cc2[C@](C)(c2ccccc2)O1. The van der Waals surface area contributed by atoms with Gasteiger partial charge in [-0.1, -0.05) is 97.7 Å². The lowest BCUT2D eigenvalue weighted by Gasteiger charge is -2.36. The zero-order valence-electron chi connectivity index (χ0n) is 24.5. The molecule has 0 fully saturated rings. The summed E-state index contributed by atoms with van der Waals surface area (Å²) in [7, 11) is 0. The van der Waals surface area contributed by atoms with Crippen LogP contribution in [0.1, 0.15) is 75.6 Å². The highest BCUT2D eigenvalue weighted by Gasteiger charge is 2.38. The number of benzene rings is 4. The first-order valence-electron chi connectivity index (χ1n) is 14.5. The first kappa shape index (κ1) is 29.9. The maximum absolute atomic E-state index is 6.27. The van der Waals surface area contributed by atoms with E-state index in [2.05, 4.69) is 61.9 Å². The van der Waals surface area contributed by atoms with E-state index in [1.807, 2.05) is 72.8 Å². The Labute approximate surface area is 259 Å². The fraction of sp³-hybridized carbons (Fsp3) is 0.278. The number of ether oxygens (including phenoxy) is 2. The summed E-state index contributed by atoms with van der Waals surface area (Å²) < 4.78 is 12.5. The normalized spacial score (nSPS) is 20.4. The van der Waals surface area contributed by atoms with Crippen LogP contribution in [0.3, 0.4) is 0 Å². The van der Waals surface area contributed by atoms with Crippen LogP contribution in [0.15, 0.2) is 107 Å². The minimum absolute atomic E-state index is 0.548. The first-order chi connectivity index (χ1) is 20.3. The number of rotatable bonds is 6. The van der Waals surface area contributed by atoms with E-state index >= 15 is 0 Å². The molecule has 42 heavy (non-hydrogen) atoms. The molecule has 0 saturated carbocycles. The van der Waals surface area contributed by atoms with Crippen molar-refractivity contribution >= 4 is 46.4 Å². The third kappa shape index (κ3) is 6.11. The van der Waals surface area contributed by atoms with Crippen LogP contribution in [0.4, 0.5) is 11.4 Å². The van der Waals surface area contributed by atoms with Crippen LogP contribution in [-0.2, 0) is 20.7 Å². The Morgan fingerprint density at radius 1 is 0.571 bits per heavy atom. The monoisotopic (exact) mass is 598 g/mol. The van der Waals surface area contributed by atoms with Crippen molar-refractivity contribution in [1.29, 1.82) is 0 Å². The molecule has 0 saturated heterocycles. The van der Waals surface area contributed by atoms with E-state index in [1.165, 1.54) is 0 Å². The summed E-state index contributed by atoms with van der Waals surface area (Å²) >= 11 is 12.4. The van der Waals surface area contributed by atoms with Crippen LogP contribution >= 0.6 is 23.2 Å². The van der Waals surface area contributed by atoms with Crippen molar-refractivity contribution < 1.29 is 9.47 Å². The number of halogens is 2. The van der Waals surface area contributed by atoms with Gasteiger partial charge in [0.25, 0.3) is 0 Å². The molecule has 0 amide bonds. The molecule has 2 atom stereocenters. The number of aliphatic imine (C=N–C) groups is 2. The Hall–Kier alpha value is -3.60. The van der Waals surface area contributed by atoms with Gasteiger partial charge in [-0.2, -0.15) is 0 Å². The van der Waals surface area contributed by atoms with E-state index in [0.717, 1.165) is 71.1 Å². The maximum atomic E-state index is 6.27. The third-order valence-corrected chi connectivity index (χ3v) is 8.13. The van der Waals surface area contributed by atoms with Crippen molar-refractivity contribution in [3.05, 3.63) is 129 Å². The van der Waals surface area contributed by atoms with Crippen LogP contribution in [-0.4, -0.2) is 11.8 Å². The molecule has 2 heterocycles. The Kier molecular flexibility index (Phi) is 9.05. The van der Waals surface area contributed by atoms with Crippen molar-refractivity contribution in [3.8, 4) is 0 Å². The van der Waals surface area contributed by atoms with Gasteiger partial charge in [-0.05, 0) is 74.2 Å². The Balaban J connectivity index is 0.000000168. The van der Waals surface area contributed by atoms with E-state index in [0.29, 0.717) is 10.0 Å². The van der Waals surface area contributed by atoms with Crippen molar-refractivity contribution in [1.82, 2.24) is 0 Å². The van der Waals surface area contributed by atoms with Crippen LogP contribution in [0.2, 0.25) is 10.0 Å². The number of hydrogen-bond acceptors (Lipinski definition) is 4. The van der Waals surface area contributed by atoms with Crippen LogP contribution in [0.25, 0.3) is 0 Å². The minimum Gasteiger partial charge on any atom is -0.465 e. The second kappa shape index (κ2) is 12.7. The average molecular weight is 600 g/mol. The fourth-order valence-electron chi connectivity index (χ4n) is 5.45. The molecule has 6 rings (SSSR count). The highest BCUT2D eigenvalue weighted by atomic mass is 35.5. The fourth-order valence-corrected chi connectivity index (χ4v) is 5.80. The summed E-state index contributed by atoms with van der Waals surface area (Å²) in [5.41, 5.74) is 5.04. The number of hydrogen-bond donors (Lipinski definition) is 0. The number of fused-ring (bicyclic) bond motifs is 2. The van der Waals surface area contributed by atoms with E-state index < -0.39 is 11.2 Å². The van der Waals surface area contributed by atoms with Crippen LogP contribution < -0.4 is 0 Å². The third-order valence-electron chi connectivity index (χ3n) is 7.66. The second-order valence-corrected chi connectivity index (χ2v) is 11.7. The molecule has 0 spiro atoms. The van der Waals surface area contributed by atoms with Gasteiger partial charge in [0.15, 0.2) is 23.0 Å². The van der Waals surface area contributed by atoms with Crippen molar-refractivity contribution in [2.75, 3.05) is 0 Å². The molecular formula is C36H36Cl2N2O2. The standard InChI is InChI=1S/2C18H18ClNO/c2*1-3-7-17-20-16-11-10-14(19)12-15(16)18(2,21-17)13-8-5-4-6-9-13/h2*4-6,8-12H,3,7H2,1-2H3/t2*18-/m10/s1. The molecule has 0 unspecified atom stereocenters. The van der Waals surface area contributed by atoms with Gasteiger partial charge in [-0.15, -0.1) is 0 Å². The van der Waals surface area contributed by atoms with Crippen molar-refractivity contribution in [3.63, 3.8) is 0 Å². The molecule has 2 aliphatic rings.